The van der Waals surface area contributed by atoms with Crippen molar-refractivity contribution in [3.8, 4) is 0 Å². The molecule has 0 aliphatic rings. The highest BCUT2D eigenvalue weighted by Gasteiger charge is 2.13. The maximum Gasteiger partial charge on any atom is 0.303 e. The van der Waals surface area contributed by atoms with Crippen molar-refractivity contribution in [3.63, 3.8) is 0 Å². The predicted molar refractivity (Wildman–Crippen MR) is 59.5 cm³/mol. The van der Waals surface area contributed by atoms with E-state index in [0.717, 1.165) is 0 Å². The van der Waals surface area contributed by atoms with Crippen molar-refractivity contribution in [1.29, 1.82) is 0 Å². The standard InChI is InChI=1S/C12H10FNO3/c13-7-1-2-10-8(5-7)9(6-14-10)11(15)3-4-12(16)17/h1-2,5-6,14H,3-4H2,(H,16,17). The molecule has 2 N–H and O–H groups in total. The molecule has 0 aliphatic carbocycles. The molecule has 0 fully saturated rings. The fourth-order valence-electron chi connectivity index (χ4n) is 1.68. The van der Waals surface area contributed by atoms with Crippen molar-refractivity contribution in [1.82, 2.24) is 4.98 Å². The van der Waals surface area contributed by atoms with Crippen molar-refractivity contribution in [2.24, 2.45) is 0 Å². The van der Waals surface area contributed by atoms with Gasteiger partial charge >= 0.3 is 5.97 Å². The summed E-state index contributed by atoms with van der Waals surface area (Å²) in [5.74, 6) is -1.75. The second-order valence-corrected chi connectivity index (χ2v) is 3.71. The van der Waals surface area contributed by atoms with Crippen LogP contribution in [0.2, 0.25) is 0 Å². The van der Waals surface area contributed by atoms with Crippen LogP contribution >= 0.6 is 0 Å². The molecule has 2 rings (SSSR count). The molecule has 0 atom stereocenters. The number of carboxylic acids is 1. The number of hydrogen-bond acceptors (Lipinski definition) is 2. The van der Waals surface area contributed by atoms with Gasteiger partial charge in [0.1, 0.15) is 5.82 Å². The van der Waals surface area contributed by atoms with Gasteiger partial charge in [-0.15, -0.1) is 0 Å². The lowest BCUT2D eigenvalue weighted by molar-refractivity contribution is -0.136. The topological polar surface area (TPSA) is 70.2 Å². The van der Waals surface area contributed by atoms with Crippen molar-refractivity contribution in [2.75, 3.05) is 0 Å². The Labute approximate surface area is 96.1 Å². The second kappa shape index (κ2) is 4.37. The monoisotopic (exact) mass is 235 g/mol. The molecule has 0 unspecified atom stereocenters. The van der Waals surface area contributed by atoms with E-state index in [1.54, 1.807) is 6.07 Å². The van der Waals surface area contributed by atoms with Gasteiger partial charge in [-0.05, 0) is 18.2 Å². The molecule has 2 aromatic rings. The minimum Gasteiger partial charge on any atom is -0.481 e. The van der Waals surface area contributed by atoms with Gasteiger partial charge in [-0.3, -0.25) is 9.59 Å². The zero-order valence-corrected chi connectivity index (χ0v) is 8.87. The van der Waals surface area contributed by atoms with Crippen LogP contribution in [0, 0.1) is 5.82 Å². The van der Waals surface area contributed by atoms with Gasteiger partial charge < -0.3 is 10.1 Å². The maximum absolute atomic E-state index is 13.1. The largest absolute Gasteiger partial charge is 0.481 e. The molecule has 0 spiro atoms. The summed E-state index contributed by atoms with van der Waals surface area (Å²) in [6, 6.07) is 4.10. The number of H-pyrrole nitrogens is 1. The van der Waals surface area contributed by atoms with E-state index in [2.05, 4.69) is 4.98 Å². The van der Waals surface area contributed by atoms with E-state index in [9.17, 15) is 14.0 Å². The minimum atomic E-state index is -1.02. The Morgan fingerprint density at radius 3 is 2.76 bits per heavy atom. The fourth-order valence-corrected chi connectivity index (χ4v) is 1.68. The Morgan fingerprint density at radius 1 is 1.29 bits per heavy atom. The quantitative estimate of drug-likeness (QED) is 0.799. The Hall–Kier alpha value is -2.17. The van der Waals surface area contributed by atoms with Crippen molar-refractivity contribution >= 4 is 22.7 Å². The Balaban J connectivity index is 2.32. The normalized spacial score (nSPS) is 10.6. The number of carbonyl (C=O) groups excluding carboxylic acids is 1. The Kier molecular flexibility index (Phi) is 2.91. The van der Waals surface area contributed by atoms with Crippen molar-refractivity contribution in [3.05, 3.63) is 35.8 Å². The fraction of sp³-hybridized carbons (Fsp3) is 0.167. The lowest BCUT2D eigenvalue weighted by Crippen LogP contribution is -2.03. The second-order valence-electron chi connectivity index (χ2n) is 3.71. The maximum atomic E-state index is 13.1. The number of nitrogens with one attached hydrogen (secondary N) is 1. The molecule has 0 amide bonds. The number of aromatic nitrogens is 1. The van der Waals surface area contributed by atoms with Crippen LogP contribution in [-0.2, 0) is 4.79 Å². The molecule has 4 nitrogen and oxygen atoms in total. The molecule has 1 heterocycles. The minimum absolute atomic E-state index is 0.0845. The first-order valence-electron chi connectivity index (χ1n) is 5.09. The van der Waals surface area contributed by atoms with Crippen molar-refractivity contribution in [2.45, 2.75) is 12.8 Å². The third kappa shape index (κ3) is 2.33. The van der Waals surface area contributed by atoms with Crippen LogP contribution in [0.1, 0.15) is 23.2 Å². The molecule has 1 aromatic heterocycles. The molecule has 1 aromatic carbocycles. The number of carboxylic acid groups (broad SMARTS) is 1. The SMILES string of the molecule is O=C(O)CCC(=O)c1c[nH]c2ccc(F)cc12. The van der Waals surface area contributed by atoms with Crippen LogP contribution in [0.15, 0.2) is 24.4 Å². The van der Waals surface area contributed by atoms with Crippen molar-refractivity contribution < 1.29 is 19.1 Å². The summed E-state index contributed by atoms with van der Waals surface area (Å²) in [7, 11) is 0. The number of benzene rings is 1. The highest BCUT2D eigenvalue weighted by atomic mass is 19.1. The highest BCUT2D eigenvalue weighted by Crippen LogP contribution is 2.21. The zero-order chi connectivity index (χ0) is 12.4. The summed E-state index contributed by atoms with van der Waals surface area (Å²) in [4.78, 5) is 24.9. The first-order valence-corrected chi connectivity index (χ1v) is 5.09. The van der Waals surface area contributed by atoms with E-state index >= 15 is 0 Å². The average Bonchev–Trinajstić information content (AvgIpc) is 2.68. The van der Waals surface area contributed by atoms with Gasteiger partial charge in [0, 0.05) is 29.1 Å². The molecule has 88 valence electrons. The van der Waals surface area contributed by atoms with Gasteiger partial charge in [-0.25, -0.2) is 4.39 Å². The van der Waals surface area contributed by atoms with Crippen LogP contribution in [0.5, 0.6) is 0 Å². The zero-order valence-electron chi connectivity index (χ0n) is 8.87. The van der Waals surface area contributed by atoms with E-state index in [1.807, 2.05) is 0 Å². The number of aromatic amines is 1. The average molecular weight is 235 g/mol. The van der Waals surface area contributed by atoms with E-state index in [0.29, 0.717) is 16.5 Å². The number of aliphatic carboxylic acids is 1. The van der Waals surface area contributed by atoms with Crippen LogP contribution in [0.4, 0.5) is 4.39 Å². The Bertz CT molecular complexity index is 588. The molecule has 5 heteroatoms. The van der Waals surface area contributed by atoms with Gasteiger partial charge in [0.2, 0.25) is 0 Å². The van der Waals surface area contributed by atoms with Gasteiger partial charge in [0.25, 0.3) is 0 Å². The third-order valence-corrected chi connectivity index (χ3v) is 2.51. The summed E-state index contributed by atoms with van der Waals surface area (Å²) in [5, 5.41) is 8.98. The lowest BCUT2D eigenvalue weighted by atomic mass is 10.1. The molecule has 0 saturated heterocycles. The molecule has 0 saturated carbocycles. The molecule has 17 heavy (non-hydrogen) atoms. The number of ketones is 1. The third-order valence-electron chi connectivity index (χ3n) is 2.51. The van der Waals surface area contributed by atoms with E-state index in [1.165, 1.54) is 18.3 Å². The van der Waals surface area contributed by atoms with Crippen LogP contribution in [0.3, 0.4) is 0 Å². The molecular formula is C12H10FNO3. The van der Waals surface area contributed by atoms with Gasteiger partial charge in [0.05, 0.1) is 6.42 Å². The molecular weight excluding hydrogens is 225 g/mol. The Morgan fingerprint density at radius 2 is 2.06 bits per heavy atom. The first-order chi connectivity index (χ1) is 8.08. The number of Topliss-reactive ketones (excluding diaryl/α,β-unsaturated/α-hetero) is 1. The summed E-state index contributed by atoms with van der Waals surface area (Å²) in [5.41, 5.74) is 0.992. The lowest BCUT2D eigenvalue weighted by Gasteiger charge is -1.97. The first kappa shape index (κ1) is 11.3. The predicted octanol–water partition coefficient (Wildman–Crippen LogP) is 2.35. The molecule has 0 aliphatic heterocycles. The smallest absolute Gasteiger partial charge is 0.303 e. The number of carbonyl (C=O) groups is 2. The van der Waals surface area contributed by atoms with Gasteiger partial charge in [-0.1, -0.05) is 0 Å². The number of fused-ring (bicyclic) bond motifs is 1. The van der Waals surface area contributed by atoms with Crippen LogP contribution in [-0.4, -0.2) is 21.8 Å². The summed E-state index contributed by atoms with van der Waals surface area (Å²) >= 11 is 0. The van der Waals surface area contributed by atoms with E-state index < -0.39 is 11.8 Å². The molecule has 0 bridgehead atoms. The van der Waals surface area contributed by atoms with Gasteiger partial charge in [-0.2, -0.15) is 0 Å². The number of rotatable bonds is 4. The van der Waals surface area contributed by atoms with E-state index in [4.69, 9.17) is 5.11 Å². The van der Waals surface area contributed by atoms with E-state index in [-0.39, 0.29) is 18.6 Å². The number of hydrogen-bond donors (Lipinski definition) is 2. The number of halogens is 1. The summed E-state index contributed by atoms with van der Waals surface area (Å²) in [6.45, 7) is 0. The van der Waals surface area contributed by atoms with Crippen LogP contribution in [0.25, 0.3) is 10.9 Å². The summed E-state index contributed by atoms with van der Waals surface area (Å²) < 4.78 is 13.1. The summed E-state index contributed by atoms with van der Waals surface area (Å²) in [6.07, 6.45) is 1.17. The van der Waals surface area contributed by atoms with Gasteiger partial charge in [0.15, 0.2) is 5.78 Å². The van der Waals surface area contributed by atoms with Crippen LogP contribution < -0.4 is 0 Å². The molecule has 0 radical (unpaired) electrons. The highest BCUT2D eigenvalue weighted by molar-refractivity contribution is 6.08.